The highest BCUT2D eigenvalue weighted by Crippen LogP contribution is 2.19. The zero-order valence-electron chi connectivity index (χ0n) is 12.7. The Morgan fingerprint density at radius 1 is 1.38 bits per heavy atom. The van der Waals surface area contributed by atoms with Crippen molar-refractivity contribution in [3.05, 3.63) is 0 Å². The van der Waals surface area contributed by atoms with E-state index in [-0.39, 0.29) is 18.4 Å². The molecule has 21 heavy (non-hydrogen) atoms. The van der Waals surface area contributed by atoms with Crippen molar-refractivity contribution < 1.29 is 23.1 Å². The summed E-state index contributed by atoms with van der Waals surface area (Å²) in [5.74, 6) is -1.78. The fraction of sp³-hybridized carbons (Fsp3) is 0.846. The predicted molar refractivity (Wildman–Crippen MR) is 78.2 cm³/mol. The summed E-state index contributed by atoms with van der Waals surface area (Å²) in [6.45, 7) is 4.30. The van der Waals surface area contributed by atoms with Crippen LogP contribution in [-0.2, 0) is 19.6 Å². The second-order valence-electron chi connectivity index (χ2n) is 5.99. The van der Waals surface area contributed by atoms with Gasteiger partial charge in [-0.15, -0.1) is 0 Å². The molecule has 0 bridgehead atoms. The molecule has 1 aliphatic rings. The Labute approximate surface area is 125 Å². The van der Waals surface area contributed by atoms with Crippen molar-refractivity contribution in [1.29, 1.82) is 0 Å². The van der Waals surface area contributed by atoms with Crippen molar-refractivity contribution in [2.45, 2.75) is 39.2 Å². The second-order valence-corrected chi connectivity index (χ2v) is 7.97. The first-order chi connectivity index (χ1) is 9.61. The van der Waals surface area contributed by atoms with Gasteiger partial charge in [0.2, 0.25) is 15.9 Å². The van der Waals surface area contributed by atoms with Gasteiger partial charge in [0.25, 0.3) is 0 Å². The van der Waals surface area contributed by atoms with Gasteiger partial charge in [-0.25, -0.2) is 17.5 Å². The molecule has 1 aliphatic heterocycles. The van der Waals surface area contributed by atoms with E-state index in [9.17, 15) is 18.0 Å². The van der Waals surface area contributed by atoms with Gasteiger partial charge in [0, 0.05) is 13.1 Å². The molecule has 1 rings (SSSR count). The van der Waals surface area contributed by atoms with E-state index in [1.54, 1.807) is 0 Å². The van der Waals surface area contributed by atoms with Crippen LogP contribution in [-0.4, -0.2) is 55.1 Å². The normalized spacial score (nSPS) is 22.0. The monoisotopic (exact) mass is 320 g/mol. The fourth-order valence-corrected chi connectivity index (χ4v) is 3.35. The van der Waals surface area contributed by atoms with Crippen LogP contribution in [0, 0.1) is 11.8 Å². The minimum absolute atomic E-state index is 0.124. The zero-order chi connectivity index (χ0) is 16.2. The number of piperidine rings is 1. The number of hydrogen-bond acceptors (Lipinski definition) is 4. The number of carbonyl (C=O) groups is 2. The third-order valence-corrected chi connectivity index (χ3v) is 4.82. The molecule has 0 spiro atoms. The number of rotatable bonds is 6. The number of amides is 1. The summed E-state index contributed by atoms with van der Waals surface area (Å²) in [5, 5.41) is 11.7. The average Bonchev–Trinajstić information content (AvgIpc) is 2.36. The number of sulfonamides is 1. The van der Waals surface area contributed by atoms with Gasteiger partial charge in [-0.1, -0.05) is 13.8 Å². The molecule has 2 atom stereocenters. The molecule has 0 aliphatic carbocycles. The third kappa shape index (κ3) is 5.62. The van der Waals surface area contributed by atoms with Crippen LogP contribution in [0.15, 0.2) is 0 Å². The first kappa shape index (κ1) is 17.9. The summed E-state index contributed by atoms with van der Waals surface area (Å²) in [6, 6.07) is -0.925. The first-order valence-electron chi connectivity index (χ1n) is 7.09. The van der Waals surface area contributed by atoms with E-state index < -0.39 is 28.0 Å². The lowest BCUT2D eigenvalue weighted by molar-refractivity contribution is -0.143. The molecule has 0 radical (unpaired) electrons. The van der Waals surface area contributed by atoms with E-state index >= 15 is 0 Å². The Hall–Kier alpha value is -1.15. The lowest BCUT2D eigenvalue weighted by Gasteiger charge is -2.31. The average molecular weight is 320 g/mol. The Balaban J connectivity index is 2.67. The molecule has 0 aromatic carbocycles. The largest absolute Gasteiger partial charge is 0.480 e. The maximum absolute atomic E-state index is 12.2. The van der Waals surface area contributed by atoms with E-state index in [0.717, 1.165) is 6.26 Å². The first-order valence-corrected chi connectivity index (χ1v) is 8.94. The van der Waals surface area contributed by atoms with E-state index in [2.05, 4.69) is 5.32 Å². The molecule has 0 aromatic rings. The van der Waals surface area contributed by atoms with Crippen molar-refractivity contribution in [1.82, 2.24) is 9.62 Å². The number of nitrogens with zero attached hydrogens (tertiary/aromatic N) is 1. The molecule has 0 saturated carbocycles. The molecule has 7 nitrogen and oxygen atoms in total. The summed E-state index contributed by atoms with van der Waals surface area (Å²) < 4.78 is 24.3. The molecule has 122 valence electrons. The summed E-state index contributed by atoms with van der Waals surface area (Å²) in [6.07, 6.45) is 2.65. The van der Waals surface area contributed by atoms with Gasteiger partial charge in [0.05, 0.1) is 12.2 Å². The predicted octanol–water partition coefficient (Wildman–Crippen LogP) is 0.274. The number of carboxylic acid groups (broad SMARTS) is 1. The minimum atomic E-state index is -3.32. The van der Waals surface area contributed by atoms with Crippen molar-refractivity contribution >= 4 is 21.9 Å². The summed E-state index contributed by atoms with van der Waals surface area (Å²) in [4.78, 5) is 23.3. The molecule has 2 N–H and O–H groups in total. The quantitative estimate of drug-likeness (QED) is 0.731. The minimum Gasteiger partial charge on any atom is -0.480 e. The van der Waals surface area contributed by atoms with E-state index in [4.69, 9.17) is 5.11 Å². The van der Waals surface area contributed by atoms with Crippen LogP contribution in [0.1, 0.15) is 33.1 Å². The Bertz CT molecular complexity index is 489. The molecule has 1 unspecified atom stereocenters. The number of carboxylic acids is 1. The lowest BCUT2D eigenvalue weighted by atomic mass is 9.97. The van der Waals surface area contributed by atoms with Crippen LogP contribution in [0.5, 0.6) is 0 Å². The molecule has 8 heteroatoms. The van der Waals surface area contributed by atoms with Gasteiger partial charge < -0.3 is 10.4 Å². The Morgan fingerprint density at radius 3 is 2.48 bits per heavy atom. The second kappa shape index (κ2) is 7.22. The molecule has 1 heterocycles. The van der Waals surface area contributed by atoms with Gasteiger partial charge >= 0.3 is 5.97 Å². The van der Waals surface area contributed by atoms with Crippen molar-refractivity contribution in [3.63, 3.8) is 0 Å². The number of aliphatic carboxylic acids is 1. The molecule has 0 aromatic heterocycles. The zero-order valence-corrected chi connectivity index (χ0v) is 13.5. The van der Waals surface area contributed by atoms with Crippen LogP contribution >= 0.6 is 0 Å². The Kier molecular flexibility index (Phi) is 6.15. The summed E-state index contributed by atoms with van der Waals surface area (Å²) in [7, 11) is -3.32. The van der Waals surface area contributed by atoms with E-state index in [0.29, 0.717) is 25.8 Å². The van der Waals surface area contributed by atoms with Gasteiger partial charge in [-0.2, -0.15) is 0 Å². The SMILES string of the molecule is CC(C)C[C@@H](NC(=O)C1CCCN(S(C)(=O)=O)C1)C(=O)O. The van der Waals surface area contributed by atoms with E-state index in [1.165, 1.54) is 4.31 Å². The summed E-state index contributed by atoms with van der Waals surface area (Å²) in [5.41, 5.74) is 0. The van der Waals surface area contributed by atoms with Crippen molar-refractivity contribution in [2.24, 2.45) is 11.8 Å². The van der Waals surface area contributed by atoms with E-state index in [1.807, 2.05) is 13.8 Å². The molecular formula is C13H24N2O5S. The van der Waals surface area contributed by atoms with Crippen molar-refractivity contribution in [2.75, 3.05) is 19.3 Å². The van der Waals surface area contributed by atoms with Crippen LogP contribution in [0.4, 0.5) is 0 Å². The lowest BCUT2D eigenvalue weighted by Crippen LogP contribution is -2.49. The third-order valence-electron chi connectivity index (χ3n) is 3.55. The van der Waals surface area contributed by atoms with Gasteiger partial charge in [0.15, 0.2) is 0 Å². The van der Waals surface area contributed by atoms with Crippen LogP contribution < -0.4 is 5.32 Å². The van der Waals surface area contributed by atoms with Gasteiger partial charge in [0.1, 0.15) is 6.04 Å². The highest BCUT2D eigenvalue weighted by Gasteiger charge is 2.32. The molecule has 1 fully saturated rings. The van der Waals surface area contributed by atoms with Crippen LogP contribution in [0.25, 0.3) is 0 Å². The topological polar surface area (TPSA) is 104 Å². The fourth-order valence-electron chi connectivity index (χ4n) is 2.44. The number of carbonyl (C=O) groups excluding carboxylic acids is 1. The van der Waals surface area contributed by atoms with Gasteiger partial charge in [-0.05, 0) is 25.2 Å². The number of nitrogens with one attached hydrogen (secondary N) is 1. The molecule has 1 amide bonds. The highest BCUT2D eigenvalue weighted by molar-refractivity contribution is 7.88. The Morgan fingerprint density at radius 2 is 2.00 bits per heavy atom. The molecule has 1 saturated heterocycles. The number of hydrogen-bond donors (Lipinski definition) is 2. The standard InChI is InChI=1S/C13H24N2O5S/c1-9(2)7-11(13(17)18)14-12(16)10-5-4-6-15(8-10)21(3,19)20/h9-11H,4-8H2,1-3H3,(H,14,16)(H,17,18)/t10?,11-/m1/s1. The van der Waals surface area contributed by atoms with Crippen molar-refractivity contribution in [3.8, 4) is 0 Å². The summed E-state index contributed by atoms with van der Waals surface area (Å²) >= 11 is 0. The highest BCUT2D eigenvalue weighted by atomic mass is 32.2. The molecular weight excluding hydrogens is 296 g/mol. The smallest absolute Gasteiger partial charge is 0.326 e. The maximum atomic E-state index is 12.2. The van der Waals surface area contributed by atoms with Crippen LogP contribution in [0.3, 0.4) is 0 Å². The van der Waals surface area contributed by atoms with Crippen LogP contribution in [0.2, 0.25) is 0 Å². The maximum Gasteiger partial charge on any atom is 0.326 e. The van der Waals surface area contributed by atoms with Gasteiger partial charge in [-0.3, -0.25) is 4.79 Å².